The van der Waals surface area contributed by atoms with E-state index < -0.39 is 0 Å². The largest absolute Gasteiger partial charge is 0.369 e. The lowest BCUT2D eigenvalue weighted by atomic mass is 10.1. The molecule has 0 radical (unpaired) electrons. The minimum absolute atomic E-state index is 0.0791. The summed E-state index contributed by atoms with van der Waals surface area (Å²) in [4.78, 5) is 2.17. The minimum atomic E-state index is -0.0791. The highest BCUT2D eigenvalue weighted by molar-refractivity contribution is 5.49. The Morgan fingerprint density at radius 3 is 2.63 bits per heavy atom. The van der Waals surface area contributed by atoms with E-state index in [-0.39, 0.29) is 11.9 Å². The van der Waals surface area contributed by atoms with Gasteiger partial charge in [0.1, 0.15) is 5.82 Å². The van der Waals surface area contributed by atoms with E-state index in [1.165, 1.54) is 19.3 Å². The van der Waals surface area contributed by atoms with Gasteiger partial charge in [-0.15, -0.1) is 0 Å². The number of piperidine rings is 1. The molecule has 1 aliphatic rings. The fourth-order valence-corrected chi connectivity index (χ4v) is 2.66. The summed E-state index contributed by atoms with van der Waals surface area (Å²) in [5.74, 6) is -0.0791. The van der Waals surface area contributed by atoms with Gasteiger partial charge in [0.15, 0.2) is 0 Å². The Hall–Kier alpha value is -1.09. The summed E-state index contributed by atoms with van der Waals surface area (Å²) in [7, 11) is 0. The molecule has 19 heavy (non-hydrogen) atoms. The number of nitrogens with one attached hydrogen (secondary N) is 1. The monoisotopic (exact) mass is 264 g/mol. The van der Waals surface area contributed by atoms with Gasteiger partial charge in [-0.25, -0.2) is 4.39 Å². The Labute approximate surface area is 116 Å². The third-order valence-corrected chi connectivity index (χ3v) is 3.87. The van der Waals surface area contributed by atoms with Crippen LogP contribution in [0.4, 0.5) is 10.1 Å². The third-order valence-electron chi connectivity index (χ3n) is 3.87. The van der Waals surface area contributed by atoms with Crippen LogP contribution in [0.5, 0.6) is 0 Å². The topological polar surface area (TPSA) is 15.3 Å². The van der Waals surface area contributed by atoms with E-state index >= 15 is 0 Å². The molecule has 0 spiro atoms. The number of anilines is 1. The lowest BCUT2D eigenvalue weighted by Crippen LogP contribution is -2.30. The molecule has 0 saturated carbocycles. The average Bonchev–Trinajstić information content (AvgIpc) is 2.45. The van der Waals surface area contributed by atoms with Crippen LogP contribution in [0.3, 0.4) is 0 Å². The molecule has 1 aromatic rings. The van der Waals surface area contributed by atoms with Crippen molar-refractivity contribution in [3.63, 3.8) is 0 Å². The minimum Gasteiger partial charge on any atom is -0.369 e. The maximum atomic E-state index is 14.2. The second kappa shape index (κ2) is 6.90. The van der Waals surface area contributed by atoms with Crippen molar-refractivity contribution in [2.24, 2.45) is 0 Å². The normalized spacial score (nSPS) is 17.5. The van der Waals surface area contributed by atoms with Crippen LogP contribution in [-0.2, 0) is 0 Å². The Bertz CT molecular complexity index is 400. The smallest absolute Gasteiger partial charge is 0.146 e. The lowest BCUT2D eigenvalue weighted by Gasteiger charge is -2.29. The zero-order chi connectivity index (χ0) is 13.7. The number of benzene rings is 1. The molecule has 1 fully saturated rings. The van der Waals surface area contributed by atoms with Crippen molar-refractivity contribution in [1.82, 2.24) is 5.32 Å². The summed E-state index contributed by atoms with van der Waals surface area (Å²) < 4.78 is 14.2. The van der Waals surface area contributed by atoms with Gasteiger partial charge in [-0.1, -0.05) is 13.0 Å². The molecule has 1 atom stereocenters. The van der Waals surface area contributed by atoms with Crippen LogP contribution in [0, 0.1) is 5.82 Å². The molecule has 0 aromatic heterocycles. The van der Waals surface area contributed by atoms with Crippen molar-refractivity contribution >= 4 is 5.69 Å². The number of nitrogens with zero attached hydrogens (tertiary/aromatic N) is 1. The highest BCUT2D eigenvalue weighted by Crippen LogP contribution is 2.26. The Morgan fingerprint density at radius 1 is 1.26 bits per heavy atom. The van der Waals surface area contributed by atoms with Crippen molar-refractivity contribution in [1.29, 1.82) is 0 Å². The van der Waals surface area contributed by atoms with Crippen molar-refractivity contribution in [3.05, 3.63) is 29.6 Å². The van der Waals surface area contributed by atoms with E-state index in [0.29, 0.717) is 0 Å². The third kappa shape index (κ3) is 3.69. The van der Waals surface area contributed by atoms with Gasteiger partial charge in [-0.3, -0.25) is 0 Å². The van der Waals surface area contributed by atoms with E-state index in [4.69, 9.17) is 0 Å². The lowest BCUT2D eigenvalue weighted by molar-refractivity contribution is 0.547. The van der Waals surface area contributed by atoms with E-state index in [1.54, 1.807) is 6.07 Å². The summed E-state index contributed by atoms with van der Waals surface area (Å²) in [6, 6.07) is 5.91. The van der Waals surface area contributed by atoms with Gasteiger partial charge in [-0.2, -0.15) is 0 Å². The van der Waals surface area contributed by atoms with Crippen LogP contribution in [0.1, 0.15) is 51.1 Å². The number of halogens is 1. The van der Waals surface area contributed by atoms with Crippen LogP contribution in [0.25, 0.3) is 0 Å². The molecule has 1 saturated heterocycles. The van der Waals surface area contributed by atoms with E-state index in [0.717, 1.165) is 37.3 Å². The molecule has 3 heteroatoms. The summed E-state index contributed by atoms with van der Waals surface area (Å²) >= 11 is 0. The van der Waals surface area contributed by atoms with Crippen LogP contribution in [0.15, 0.2) is 18.2 Å². The van der Waals surface area contributed by atoms with E-state index in [2.05, 4.69) is 30.1 Å². The van der Waals surface area contributed by atoms with Crippen LogP contribution in [-0.4, -0.2) is 19.6 Å². The zero-order valence-electron chi connectivity index (χ0n) is 12.1. The average molecular weight is 264 g/mol. The zero-order valence-corrected chi connectivity index (χ0v) is 12.1. The number of hydrogen-bond donors (Lipinski definition) is 1. The van der Waals surface area contributed by atoms with Crippen molar-refractivity contribution < 1.29 is 4.39 Å². The molecule has 1 N–H and O–H groups in total. The summed E-state index contributed by atoms with van der Waals surface area (Å²) in [6.07, 6.45) is 4.72. The van der Waals surface area contributed by atoms with Gasteiger partial charge in [0.25, 0.3) is 0 Å². The standard InChI is InChI=1S/C16H25FN2/c1-3-9-18-13(2)14-7-8-16(15(17)12-14)19-10-5-4-6-11-19/h7-8,12-13,18H,3-6,9-11H2,1-2H3/t13-/m1/s1. The predicted molar refractivity (Wildman–Crippen MR) is 79.2 cm³/mol. The van der Waals surface area contributed by atoms with E-state index in [1.807, 2.05) is 6.07 Å². The fraction of sp³-hybridized carbons (Fsp3) is 0.625. The molecule has 0 bridgehead atoms. The van der Waals surface area contributed by atoms with Crippen LogP contribution < -0.4 is 10.2 Å². The van der Waals surface area contributed by atoms with Gasteiger partial charge in [0.05, 0.1) is 5.69 Å². The van der Waals surface area contributed by atoms with Gasteiger partial charge in [0, 0.05) is 19.1 Å². The molecule has 1 heterocycles. The molecule has 1 aliphatic heterocycles. The second-order valence-corrected chi connectivity index (χ2v) is 5.43. The van der Waals surface area contributed by atoms with Gasteiger partial charge in [-0.05, 0) is 56.8 Å². The highest BCUT2D eigenvalue weighted by Gasteiger charge is 2.16. The first-order valence-electron chi connectivity index (χ1n) is 7.50. The van der Waals surface area contributed by atoms with Gasteiger partial charge < -0.3 is 10.2 Å². The molecular formula is C16H25FN2. The first kappa shape index (κ1) is 14.3. The summed E-state index contributed by atoms with van der Waals surface area (Å²) in [5.41, 5.74) is 1.80. The molecule has 2 nitrogen and oxygen atoms in total. The molecular weight excluding hydrogens is 239 g/mol. The molecule has 1 aromatic carbocycles. The number of rotatable bonds is 5. The molecule has 2 rings (SSSR count). The second-order valence-electron chi connectivity index (χ2n) is 5.43. The maximum absolute atomic E-state index is 14.2. The number of hydrogen-bond acceptors (Lipinski definition) is 2. The highest BCUT2D eigenvalue weighted by atomic mass is 19.1. The fourth-order valence-electron chi connectivity index (χ4n) is 2.66. The predicted octanol–water partition coefficient (Wildman–Crippen LogP) is 3.88. The van der Waals surface area contributed by atoms with Crippen molar-refractivity contribution in [3.8, 4) is 0 Å². The van der Waals surface area contributed by atoms with Gasteiger partial charge >= 0.3 is 0 Å². The molecule has 106 valence electrons. The molecule has 0 amide bonds. The van der Waals surface area contributed by atoms with Crippen molar-refractivity contribution in [2.45, 2.75) is 45.6 Å². The Balaban J connectivity index is 2.07. The summed E-state index contributed by atoms with van der Waals surface area (Å²) in [6.45, 7) is 7.17. The first-order chi connectivity index (χ1) is 9.22. The van der Waals surface area contributed by atoms with Gasteiger partial charge in [0.2, 0.25) is 0 Å². The van der Waals surface area contributed by atoms with Crippen molar-refractivity contribution in [2.75, 3.05) is 24.5 Å². The molecule has 0 aliphatic carbocycles. The summed E-state index contributed by atoms with van der Waals surface area (Å²) in [5, 5.41) is 3.39. The first-order valence-corrected chi connectivity index (χ1v) is 7.50. The maximum Gasteiger partial charge on any atom is 0.146 e. The quantitative estimate of drug-likeness (QED) is 0.868. The Morgan fingerprint density at radius 2 is 2.00 bits per heavy atom. The van der Waals surface area contributed by atoms with Crippen LogP contribution in [0.2, 0.25) is 0 Å². The van der Waals surface area contributed by atoms with Crippen LogP contribution >= 0.6 is 0 Å². The SMILES string of the molecule is CCCN[C@H](C)c1ccc(N2CCCCC2)c(F)c1. The van der Waals surface area contributed by atoms with E-state index in [9.17, 15) is 4.39 Å². The molecule has 0 unspecified atom stereocenters. The Kier molecular flexibility index (Phi) is 5.20.